The lowest BCUT2D eigenvalue weighted by Crippen LogP contribution is -2.55. The predicted octanol–water partition coefficient (Wildman–Crippen LogP) is 2.30. The number of carbonyl (C=O) groups is 4. The van der Waals surface area contributed by atoms with Crippen molar-refractivity contribution in [2.45, 2.75) is 105 Å². The maximum atomic E-state index is 13.0. The molecular weight excluding hydrogens is 398 g/mol. The van der Waals surface area contributed by atoms with Gasteiger partial charge in [-0.05, 0) is 37.5 Å². The molecule has 0 radical (unpaired) electrons. The molecule has 31 heavy (non-hydrogen) atoms. The summed E-state index contributed by atoms with van der Waals surface area (Å²) in [4.78, 5) is 51.2. The van der Waals surface area contributed by atoms with E-state index in [1.54, 1.807) is 6.92 Å². The summed E-state index contributed by atoms with van der Waals surface area (Å²) in [5, 5.41) is 8.15. The van der Waals surface area contributed by atoms with Crippen LogP contribution in [0.2, 0.25) is 0 Å². The first-order valence-electron chi connectivity index (χ1n) is 11.6. The Hall–Kier alpha value is -2.12. The minimum atomic E-state index is -0.854. The van der Waals surface area contributed by atoms with Crippen LogP contribution in [0.15, 0.2) is 0 Å². The third kappa shape index (κ3) is 8.87. The standard InChI is InChI=1S/C23H41N3O5/c1-8-9-10-15(6)18-12-19(27)26-20(14(4)5)22(29)24-16(7)21(28)25-17(11-13(2)3)23(30)31-18/h13-18,20H,8-12H2,1-7H3,(H,24,29)(H,25,28)(H,26,27)/t15-,16-,17-,18-,20-/m0/s1. The average molecular weight is 440 g/mol. The van der Waals surface area contributed by atoms with Crippen molar-refractivity contribution in [1.29, 1.82) is 0 Å². The lowest BCUT2D eigenvalue weighted by molar-refractivity contribution is -0.157. The Kier molecular flexibility index (Phi) is 11.0. The summed E-state index contributed by atoms with van der Waals surface area (Å²) in [6.45, 7) is 13.2. The molecule has 8 nitrogen and oxygen atoms in total. The van der Waals surface area contributed by atoms with Gasteiger partial charge in [0, 0.05) is 0 Å². The average Bonchev–Trinajstić information content (AvgIpc) is 2.67. The topological polar surface area (TPSA) is 114 Å². The van der Waals surface area contributed by atoms with Crippen molar-refractivity contribution < 1.29 is 23.9 Å². The molecule has 0 aromatic heterocycles. The maximum absolute atomic E-state index is 13.0. The highest BCUT2D eigenvalue weighted by Crippen LogP contribution is 2.20. The second kappa shape index (κ2) is 12.7. The number of ether oxygens (including phenoxy) is 1. The van der Waals surface area contributed by atoms with Crippen molar-refractivity contribution in [3.05, 3.63) is 0 Å². The number of cyclic esters (lactones) is 1. The first kappa shape index (κ1) is 26.9. The van der Waals surface area contributed by atoms with Crippen LogP contribution < -0.4 is 16.0 Å². The summed E-state index contributed by atoms with van der Waals surface area (Å²) in [6, 6.07) is -2.47. The number of hydrogen-bond donors (Lipinski definition) is 3. The van der Waals surface area contributed by atoms with Crippen LogP contribution in [0.4, 0.5) is 0 Å². The van der Waals surface area contributed by atoms with Gasteiger partial charge in [-0.15, -0.1) is 0 Å². The highest BCUT2D eigenvalue weighted by molar-refractivity contribution is 5.93. The van der Waals surface area contributed by atoms with Crippen molar-refractivity contribution in [1.82, 2.24) is 16.0 Å². The van der Waals surface area contributed by atoms with Gasteiger partial charge in [0.15, 0.2) is 0 Å². The SMILES string of the molecule is CCCC[C@H](C)[C@@H]1CC(=O)N[C@@H](C(C)C)C(=O)N[C@@H](C)C(=O)N[C@@H](CC(C)C)C(=O)O1. The van der Waals surface area contributed by atoms with Gasteiger partial charge in [0.1, 0.15) is 24.2 Å². The number of esters is 1. The van der Waals surface area contributed by atoms with Crippen molar-refractivity contribution in [3.63, 3.8) is 0 Å². The monoisotopic (exact) mass is 439 g/mol. The van der Waals surface area contributed by atoms with Gasteiger partial charge < -0.3 is 20.7 Å². The number of carbonyl (C=O) groups excluding carboxylic acids is 4. The molecule has 1 aliphatic rings. The number of unbranched alkanes of at least 4 members (excludes halogenated alkanes) is 1. The van der Waals surface area contributed by atoms with E-state index in [1.165, 1.54) is 0 Å². The van der Waals surface area contributed by atoms with Crippen LogP contribution in [0.3, 0.4) is 0 Å². The molecule has 1 saturated heterocycles. The van der Waals surface area contributed by atoms with Gasteiger partial charge in [-0.2, -0.15) is 0 Å². The summed E-state index contributed by atoms with van der Waals surface area (Å²) in [5.41, 5.74) is 0. The van der Waals surface area contributed by atoms with Crippen LogP contribution in [-0.4, -0.2) is 47.9 Å². The minimum Gasteiger partial charge on any atom is -0.460 e. The molecule has 1 fully saturated rings. The molecule has 0 saturated carbocycles. The highest BCUT2D eigenvalue weighted by atomic mass is 16.5. The van der Waals surface area contributed by atoms with Crippen molar-refractivity contribution in [3.8, 4) is 0 Å². The van der Waals surface area contributed by atoms with E-state index in [0.29, 0.717) is 6.42 Å². The normalized spacial score (nSPS) is 27.4. The Morgan fingerprint density at radius 2 is 1.61 bits per heavy atom. The molecule has 0 aliphatic carbocycles. The Labute approximate surface area is 186 Å². The van der Waals surface area contributed by atoms with E-state index >= 15 is 0 Å². The lowest BCUT2D eigenvalue weighted by atomic mass is 9.94. The molecular formula is C23H41N3O5. The first-order chi connectivity index (χ1) is 14.5. The third-order valence-electron chi connectivity index (χ3n) is 5.63. The predicted molar refractivity (Wildman–Crippen MR) is 119 cm³/mol. The summed E-state index contributed by atoms with van der Waals surface area (Å²) in [6.07, 6.45) is 2.52. The maximum Gasteiger partial charge on any atom is 0.328 e. The molecule has 1 aliphatic heterocycles. The summed E-state index contributed by atoms with van der Waals surface area (Å²) in [5.74, 6) is -1.82. The quantitative estimate of drug-likeness (QED) is 0.527. The molecule has 5 atom stereocenters. The second-order valence-corrected chi connectivity index (χ2v) is 9.51. The van der Waals surface area contributed by atoms with E-state index in [4.69, 9.17) is 4.74 Å². The lowest BCUT2D eigenvalue weighted by Gasteiger charge is -2.27. The number of hydrogen-bond acceptors (Lipinski definition) is 5. The molecule has 8 heteroatoms. The fraction of sp³-hybridized carbons (Fsp3) is 0.826. The largest absolute Gasteiger partial charge is 0.460 e. The minimum absolute atomic E-state index is 0.0228. The van der Waals surface area contributed by atoms with E-state index in [-0.39, 0.29) is 30.1 Å². The van der Waals surface area contributed by atoms with Gasteiger partial charge in [-0.3, -0.25) is 14.4 Å². The number of rotatable bonds is 7. The molecule has 3 amide bonds. The molecule has 0 spiro atoms. The fourth-order valence-corrected chi connectivity index (χ4v) is 3.60. The van der Waals surface area contributed by atoms with Crippen LogP contribution in [0.25, 0.3) is 0 Å². The van der Waals surface area contributed by atoms with Gasteiger partial charge in [-0.25, -0.2) is 4.79 Å². The smallest absolute Gasteiger partial charge is 0.328 e. The van der Waals surface area contributed by atoms with Crippen LogP contribution in [-0.2, 0) is 23.9 Å². The van der Waals surface area contributed by atoms with Gasteiger partial charge in [0.25, 0.3) is 0 Å². The van der Waals surface area contributed by atoms with Gasteiger partial charge >= 0.3 is 5.97 Å². The van der Waals surface area contributed by atoms with E-state index in [9.17, 15) is 19.2 Å². The second-order valence-electron chi connectivity index (χ2n) is 9.51. The number of amides is 3. The fourth-order valence-electron chi connectivity index (χ4n) is 3.60. The molecule has 0 aromatic carbocycles. The molecule has 1 rings (SSSR count). The molecule has 0 bridgehead atoms. The van der Waals surface area contributed by atoms with Crippen LogP contribution in [0.1, 0.15) is 80.6 Å². The first-order valence-corrected chi connectivity index (χ1v) is 11.6. The molecule has 0 unspecified atom stereocenters. The summed E-state index contributed by atoms with van der Waals surface area (Å²) >= 11 is 0. The molecule has 178 valence electrons. The Balaban J connectivity index is 3.25. The molecule has 3 N–H and O–H groups in total. The van der Waals surface area contributed by atoms with Crippen LogP contribution in [0, 0.1) is 17.8 Å². The van der Waals surface area contributed by atoms with E-state index in [2.05, 4.69) is 22.9 Å². The zero-order valence-electron chi connectivity index (χ0n) is 20.1. The van der Waals surface area contributed by atoms with Crippen molar-refractivity contribution in [2.75, 3.05) is 0 Å². The Morgan fingerprint density at radius 1 is 0.968 bits per heavy atom. The van der Waals surface area contributed by atoms with E-state index < -0.39 is 42.0 Å². The highest BCUT2D eigenvalue weighted by Gasteiger charge is 2.34. The van der Waals surface area contributed by atoms with Crippen LogP contribution in [0.5, 0.6) is 0 Å². The zero-order valence-corrected chi connectivity index (χ0v) is 20.1. The molecule has 0 aromatic rings. The number of nitrogens with one attached hydrogen (secondary N) is 3. The van der Waals surface area contributed by atoms with Crippen LogP contribution >= 0.6 is 0 Å². The van der Waals surface area contributed by atoms with Gasteiger partial charge in [-0.1, -0.05) is 54.4 Å². The summed E-state index contributed by atoms with van der Waals surface area (Å²) in [7, 11) is 0. The van der Waals surface area contributed by atoms with Crippen molar-refractivity contribution >= 4 is 23.7 Å². The van der Waals surface area contributed by atoms with Crippen molar-refractivity contribution in [2.24, 2.45) is 17.8 Å². The van der Waals surface area contributed by atoms with E-state index in [0.717, 1.165) is 19.3 Å². The third-order valence-corrected chi connectivity index (χ3v) is 5.63. The van der Waals surface area contributed by atoms with Gasteiger partial charge in [0.2, 0.25) is 17.7 Å². The van der Waals surface area contributed by atoms with E-state index in [1.807, 2.05) is 34.6 Å². The zero-order chi connectivity index (χ0) is 23.7. The summed E-state index contributed by atoms with van der Waals surface area (Å²) < 4.78 is 5.79. The molecule has 1 heterocycles. The Bertz CT molecular complexity index is 635. The van der Waals surface area contributed by atoms with Gasteiger partial charge in [0.05, 0.1) is 6.42 Å². The Morgan fingerprint density at radius 3 is 2.16 bits per heavy atom.